The predicted molar refractivity (Wildman–Crippen MR) is 89.6 cm³/mol. The van der Waals surface area contributed by atoms with Crippen LogP contribution in [0.1, 0.15) is 34.8 Å². The molecule has 2 heterocycles. The number of halogens is 1. The molecule has 0 spiro atoms. The number of pyridine rings is 1. The lowest BCUT2D eigenvalue weighted by molar-refractivity contribution is 0.0931. The minimum atomic E-state index is -0.208. The topological polar surface area (TPSA) is 60.5 Å². The Morgan fingerprint density at radius 3 is 2.75 bits per heavy atom. The van der Waals surface area contributed by atoms with E-state index in [0.29, 0.717) is 24.7 Å². The number of carbonyl (C=O) groups is 1. The molecule has 1 atom stereocenters. The fourth-order valence-electron chi connectivity index (χ4n) is 2.93. The van der Waals surface area contributed by atoms with E-state index in [-0.39, 0.29) is 17.1 Å². The number of rotatable bonds is 4. The molecule has 0 saturated heterocycles. The van der Waals surface area contributed by atoms with Gasteiger partial charge in [-0.1, -0.05) is 17.7 Å². The van der Waals surface area contributed by atoms with Crippen LogP contribution in [0, 0.1) is 5.92 Å². The number of fused-ring (bicyclic) bond motifs is 1. The van der Waals surface area contributed by atoms with Crippen LogP contribution in [0.25, 0.3) is 0 Å². The Labute approximate surface area is 144 Å². The van der Waals surface area contributed by atoms with Crippen molar-refractivity contribution in [2.75, 3.05) is 13.2 Å². The highest BCUT2D eigenvalue weighted by molar-refractivity contribution is 6.32. The molecule has 24 heavy (non-hydrogen) atoms. The van der Waals surface area contributed by atoms with Crippen LogP contribution in [0.3, 0.4) is 0 Å². The molecule has 1 saturated carbocycles. The molecule has 6 heteroatoms. The number of benzene rings is 1. The van der Waals surface area contributed by atoms with Crippen LogP contribution in [-0.4, -0.2) is 24.1 Å². The molecule has 4 rings (SSSR count). The summed E-state index contributed by atoms with van der Waals surface area (Å²) >= 11 is 6.03. The third-order valence-electron chi connectivity index (χ3n) is 4.31. The fourth-order valence-corrected chi connectivity index (χ4v) is 3.14. The van der Waals surface area contributed by atoms with E-state index in [0.717, 1.165) is 29.9 Å². The average Bonchev–Trinajstić information content (AvgIpc) is 3.44. The van der Waals surface area contributed by atoms with E-state index in [1.54, 1.807) is 18.3 Å². The van der Waals surface area contributed by atoms with Gasteiger partial charge in [-0.05, 0) is 48.6 Å². The monoisotopic (exact) mass is 344 g/mol. The smallest absolute Gasteiger partial charge is 0.254 e. The quantitative estimate of drug-likeness (QED) is 0.864. The highest BCUT2D eigenvalue weighted by Crippen LogP contribution is 2.43. The van der Waals surface area contributed by atoms with E-state index in [1.807, 2.05) is 18.2 Å². The number of hydrogen-bond acceptors (Lipinski definition) is 4. The van der Waals surface area contributed by atoms with Crippen LogP contribution in [0.5, 0.6) is 11.5 Å². The summed E-state index contributed by atoms with van der Waals surface area (Å²) in [5.74, 6) is 1.71. The zero-order valence-corrected chi connectivity index (χ0v) is 13.8. The Balaban J connectivity index is 1.59. The van der Waals surface area contributed by atoms with Crippen LogP contribution >= 0.6 is 11.6 Å². The van der Waals surface area contributed by atoms with Crippen molar-refractivity contribution >= 4 is 17.5 Å². The Morgan fingerprint density at radius 2 is 2.00 bits per heavy atom. The van der Waals surface area contributed by atoms with Crippen molar-refractivity contribution in [1.82, 2.24) is 10.3 Å². The second kappa shape index (κ2) is 6.32. The number of aromatic nitrogens is 1. The van der Waals surface area contributed by atoms with Crippen molar-refractivity contribution in [1.29, 1.82) is 0 Å². The summed E-state index contributed by atoms with van der Waals surface area (Å²) in [6.07, 6.45) is 3.76. The number of nitrogens with one attached hydrogen (secondary N) is 1. The van der Waals surface area contributed by atoms with Gasteiger partial charge in [0.1, 0.15) is 18.4 Å². The van der Waals surface area contributed by atoms with Crippen LogP contribution in [0.4, 0.5) is 0 Å². The van der Waals surface area contributed by atoms with Crippen molar-refractivity contribution < 1.29 is 14.3 Å². The Hall–Kier alpha value is -2.27. The molecule has 2 aromatic rings. The molecular weight excluding hydrogens is 328 g/mol. The first-order chi connectivity index (χ1) is 11.7. The highest BCUT2D eigenvalue weighted by atomic mass is 35.5. The molecular formula is C18H17ClN2O3. The maximum absolute atomic E-state index is 12.6. The lowest BCUT2D eigenvalue weighted by Crippen LogP contribution is -2.30. The van der Waals surface area contributed by atoms with Gasteiger partial charge in [0.05, 0.1) is 11.6 Å². The van der Waals surface area contributed by atoms with E-state index >= 15 is 0 Å². The molecule has 1 amide bonds. The van der Waals surface area contributed by atoms with Crippen LogP contribution < -0.4 is 14.8 Å². The molecule has 1 N–H and O–H groups in total. The van der Waals surface area contributed by atoms with Gasteiger partial charge in [-0.2, -0.15) is 0 Å². The summed E-state index contributed by atoms with van der Waals surface area (Å²) in [6, 6.07) is 9.17. The van der Waals surface area contributed by atoms with Gasteiger partial charge in [0.15, 0.2) is 11.5 Å². The first kappa shape index (κ1) is 15.3. The molecule has 0 bridgehead atoms. The zero-order chi connectivity index (χ0) is 16.5. The lowest BCUT2D eigenvalue weighted by atomic mass is 10.0. The van der Waals surface area contributed by atoms with Gasteiger partial charge in [-0.15, -0.1) is 0 Å². The molecule has 5 nitrogen and oxygen atoms in total. The van der Waals surface area contributed by atoms with Crippen LogP contribution in [0.2, 0.25) is 5.15 Å². The molecule has 1 aromatic carbocycles. The molecule has 124 valence electrons. The van der Waals surface area contributed by atoms with Crippen LogP contribution in [-0.2, 0) is 0 Å². The van der Waals surface area contributed by atoms with Gasteiger partial charge in [0.2, 0.25) is 0 Å². The summed E-state index contributed by atoms with van der Waals surface area (Å²) in [5, 5.41) is 3.31. The van der Waals surface area contributed by atoms with E-state index in [1.165, 1.54) is 0 Å². The first-order valence-electron chi connectivity index (χ1n) is 8.03. The van der Waals surface area contributed by atoms with Gasteiger partial charge in [-0.25, -0.2) is 4.98 Å². The molecule has 1 aliphatic carbocycles. The van der Waals surface area contributed by atoms with Crippen molar-refractivity contribution in [3.05, 3.63) is 52.8 Å². The third-order valence-corrected chi connectivity index (χ3v) is 4.61. The van der Waals surface area contributed by atoms with Crippen molar-refractivity contribution in [3.63, 3.8) is 0 Å². The SMILES string of the molecule is O=C(NC(c1ccc2c(c1)OCCO2)C1CC1)c1cccnc1Cl. The van der Waals surface area contributed by atoms with Crippen molar-refractivity contribution in [2.45, 2.75) is 18.9 Å². The normalized spacial score (nSPS) is 17.2. The first-order valence-corrected chi connectivity index (χ1v) is 8.41. The largest absolute Gasteiger partial charge is 0.486 e. The predicted octanol–water partition coefficient (Wildman–Crippen LogP) is 3.39. The minimum absolute atomic E-state index is 0.0652. The Morgan fingerprint density at radius 1 is 1.21 bits per heavy atom. The molecule has 1 unspecified atom stereocenters. The zero-order valence-electron chi connectivity index (χ0n) is 13.0. The van der Waals surface area contributed by atoms with E-state index in [2.05, 4.69) is 10.3 Å². The molecule has 1 aliphatic heterocycles. The summed E-state index contributed by atoms with van der Waals surface area (Å²) in [6.45, 7) is 1.11. The Kier molecular flexibility index (Phi) is 4.02. The molecule has 1 fully saturated rings. The van der Waals surface area contributed by atoms with E-state index in [4.69, 9.17) is 21.1 Å². The summed E-state index contributed by atoms with van der Waals surface area (Å²) in [4.78, 5) is 16.5. The fraction of sp³-hybridized carbons (Fsp3) is 0.333. The number of carbonyl (C=O) groups excluding carboxylic acids is 1. The molecule has 2 aliphatic rings. The van der Waals surface area contributed by atoms with E-state index in [9.17, 15) is 4.79 Å². The highest BCUT2D eigenvalue weighted by Gasteiger charge is 2.34. The number of hydrogen-bond donors (Lipinski definition) is 1. The van der Waals surface area contributed by atoms with Gasteiger partial charge in [0.25, 0.3) is 5.91 Å². The second-order valence-corrected chi connectivity index (χ2v) is 6.39. The minimum Gasteiger partial charge on any atom is -0.486 e. The maximum atomic E-state index is 12.6. The Bertz CT molecular complexity index is 777. The lowest BCUT2D eigenvalue weighted by Gasteiger charge is -2.23. The van der Waals surface area contributed by atoms with Gasteiger partial charge in [0, 0.05) is 6.20 Å². The second-order valence-electron chi connectivity index (χ2n) is 6.03. The van der Waals surface area contributed by atoms with Crippen molar-refractivity contribution in [3.8, 4) is 11.5 Å². The molecule has 0 radical (unpaired) electrons. The average molecular weight is 345 g/mol. The number of amides is 1. The number of nitrogens with zero attached hydrogens (tertiary/aromatic N) is 1. The van der Waals surface area contributed by atoms with Gasteiger partial charge in [-0.3, -0.25) is 4.79 Å². The summed E-state index contributed by atoms with van der Waals surface area (Å²) < 4.78 is 11.2. The standard InChI is InChI=1S/C18H17ClN2O3/c19-17-13(2-1-7-20-17)18(22)21-16(11-3-4-11)12-5-6-14-15(10-12)24-9-8-23-14/h1-2,5-7,10-11,16H,3-4,8-9H2,(H,21,22). The maximum Gasteiger partial charge on any atom is 0.254 e. The molecule has 1 aromatic heterocycles. The van der Waals surface area contributed by atoms with Crippen LogP contribution in [0.15, 0.2) is 36.5 Å². The summed E-state index contributed by atoms with van der Waals surface area (Å²) in [7, 11) is 0. The number of ether oxygens (including phenoxy) is 2. The van der Waals surface area contributed by atoms with Gasteiger partial charge < -0.3 is 14.8 Å². The van der Waals surface area contributed by atoms with E-state index < -0.39 is 0 Å². The van der Waals surface area contributed by atoms with Gasteiger partial charge >= 0.3 is 0 Å². The van der Waals surface area contributed by atoms with Crippen molar-refractivity contribution in [2.24, 2.45) is 5.92 Å². The summed E-state index contributed by atoms with van der Waals surface area (Å²) in [5.41, 5.74) is 1.41. The third kappa shape index (κ3) is 3.04.